The Balaban J connectivity index is 1.88. The summed E-state index contributed by atoms with van der Waals surface area (Å²) in [6.07, 6.45) is 4.73. The minimum Gasteiger partial charge on any atom is -0.338 e. The highest BCUT2D eigenvalue weighted by molar-refractivity contribution is 9.09. The van der Waals surface area contributed by atoms with Crippen molar-refractivity contribution >= 4 is 43.3 Å². The van der Waals surface area contributed by atoms with Crippen molar-refractivity contribution in [3.63, 3.8) is 0 Å². The number of hydrogen-bond donors (Lipinski definition) is 0. The van der Waals surface area contributed by atoms with Crippen molar-refractivity contribution in [2.75, 3.05) is 7.05 Å². The predicted molar refractivity (Wildman–Crippen MR) is 88.9 cm³/mol. The first-order valence-corrected chi connectivity index (χ1v) is 8.85. The number of alkyl halides is 1. The maximum atomic E-state index is 12.8. The minimum absolute atomic E-state index is 0.152. The van der Waals surface area contributed by atoms with Gasteiger partial charge in [0.2, 0.25) is 0 Å². The van der Waals surface area contributed by atoms with Gasteiger partial charge in [-0.1, -0.05) is 47.0 Å². The van der Waals surface area contributed by atoms with Gasteiger partial charge in [0.15, 0.2) is 0 Å². The molecule has 0 aliphatic heterocycles. The third kappa shape index (κ3) is 2.51. The molecule has 1 amide bonds. The van der Waals surface area contributed by atoms with Crippen LogP contribution in [0, 0.1) is 0 Å². The van der Waals surface area contributed by atoms with Crippen LogP contribution in [0.25, 0.3) is 10.1 Å². The summed E-state index contributed by atoms with van der Waals surface area (Å²) in [4.78, 5) is 15.1. The zero-order valence-corrected chi connectivity index (χ0v) is 13.9. The predicted octanol–water partition coefficient (Wildman–Crippen LogP) is 4.68. The van der Waals surface area contributed by atoms with Crippen LogP contribution in [-0.4, -0.2) is 28.7 Å². The second-order valence-electron chi connectivity index (χ2n) is 5.43. The summed E-state index contributed by atoms with van der Waals surface area (Å²) in [7, 11) is 1.94. The van der Waals surface area contributed by atoms with Crippen LogP contribution in [0.5, 0.6) is 0 Å². The monoisotopic (exact) mass is 351 g/mol. The smallest absolute Gasteiger partial charge is 0.255 e. The number of carbonyl (C=O) groups excluding carboxylic acids is 1. The number of halogens is 1. The Kier molecular flexibility index (Phi) is 4.13. The molecule has 1 aliphatic carbocycles. The largest absolute Gasteiger partial charge is 0.338 e. The van der Waals surface area contributed by atoms with Gasteiger partial charge in [0.25, 0.3) is 5.91 Å². The lowest BCUT2D eigenvalue weighted by molar-refractivity contribution is 0.0707. The summed E-state index contributed by atoms with van der Waals surface area (Å²) in [6.45, 7) is 0. The van der Waals surface area contributed by atoms with E-state index in [-0.39, 0.29) is 5.91 Å². The van der Waals surface area contributed by atoms with E-state index in [4.69, 9.17) is 0 Å². The molecule has 0 bridgehead atoms. The van der Waals surface area contributed by atoms with Crippen LogP contribution in [0.3, 0.4) is 0 Å². The molecule has 1 fully saturated rings. The second-order valence-corrected chi connectivity index (χ2v) is 7.52. The number of thiophene rings is 1. The minimum atomic E-state index is 0.152. The summed E-state index contributed by atoms with van der Waals surface area (Å²) in [6, 6.07) is 8.45. The maximum absolute atomic E-state index is 12.8. The molecule has 1 aliphatic rings. The number of fused-ring (bicyclic) bond motifs is 1. The molecule has 0 spiro atoms. The van der Waals surface area contributed by atoms with Gasteiger partial charge in [0.05, 0.1) is 5.56 Å². The van der Waals surface area contributed by atoms with Gasteiger partial charge < -0.3 is 4.90 Å². The molecule has 20 heavy (non-hydrogen) atoms. The van der Waals surface area contributed by atoms with Crippen LogP contribution >= 0.6 is 27.3 Å². The van der Waals surface area contributed by atoms with E-state index in [0.29, 0.717) is 10.9 Å². The van der Waals surface area contributed by atoms with Crippen LogP contribution in [0.2, 0.25) is 0 Å². The van der Waals surface area contributed by atoms with E-state index in [1.54, 1.807) is 11.3 Å². The first-order valence-electron chi connectivity index (χ1n) is 7.06. The molecule has 1 heterocycles. The van der Waals surface area contributed by atoms with Crippen molar-refractivity contribution in [1.29, 1.82) is 0 Å². The molecule has 1 aromatic heterocycles. The summed E-state index contributed by atoms with van der Waals surface area (Å²) >= 11 is 5.39. The van der Waals surface area contributed by atoms with Crippen molar-refractivity contribution < 1.29 is 4.79 Å². The zero-order chi connectivity index (χ0) is 14.1. The molecule has 1 aromatic carbocycles. The SMILES string of the molecule is CN(C(=O)c1csc2ccccc12)C1CCCCC1Br. The van der Waals surface area contributed by atoms with E-state index in [0.717, 1.165) is 23.8 Å². The van der Waals surface area contributed by atoms with Gasteiger partial charge in [-0.15, -0.1) is 11.3 Å². The highest BCUT2D eigenvalue weighted by Crippen LogP contribution is 2.31. The lowest BCUT2D eigenvalue weighted by atomic mass is 9.94. The van der Waals surface area contributed by atoms with Crippen LogP contribution in [0.4, 0.5) is 0 Å². The third-order valence-electron chi connectivity index (χ3n) is 4.18. The normalized spacial score (nSPS) is 22.9. The Hall–Kier alpha value is -0.870. The van der Waals surface area contributed by atoms with Crippen LogP contribution in [0.15, 0.2) is 29.6 Å². The molecule has 4 heteroatoms. The molecule has 2 atom stereocenters. The fourth-order valence-electron chi connectivity index (χ4n) is 2.99. The number of amides is 1. The van der Waals surface area contributed by atoms with Gasteiger partial charge in [-0.25, -0.2) is 0 Å². The van der Waals surface area contributed by atoms with Crippen molar-refractivity contribution in [2.24, 2.45) is 0 Å². The average Bonchev–Trinajstić information content (AvgIpc) is 2.90. The number of hydrogen-bond acceptors (Lipinski definition) is 2. The summed E-state index contributed by atoms with van der Waals surface area (Å²) in [5.74, 6) is 0.152. The van der Waals surface area contributed by atoms with E-state index >= 15 is 0 Å². The standard InChI is InChI=1S/C16H18BrNOS/c1-18(14-8-4-3-7-13(14)17)16(19)12-10-20-15-9-5-2-6-11(12)15/h2,5-6,9-10,13-14H,3-4,7-8H2,1H3. The summed E-state index contributed by atoms with van der Waals surface area (Å²) in [5, 5.41) is 3.08. The van der Waals surface area contributed by atoms with E-state index in [2.05, 4.69) is 22.0 Å². The fourth-order valence-corrected chi connectivity index (χ4v) is 4.86. The highest BCUT2D eigenvalue weighted by Gasteiger charge is 2.30. The number of nitrogens with zero attached hydrogens (tertiary/aromatic N) is 1. The van der Waals surface area contributed by atoms with E-state index < -0.39 is 0 Å². The van der Waals surface area contributed by atoms with Gasteiger partial charge in [0.1, 0.15) is 0 Å². The Bertz CT molecular complexity index is 624. The fraction of sp³-hybridized carbons (Fsp3) is 0.438. The Morgan fingerprint density at radius 2 is 2.05 bits per heavy atom. The zero-order valence-electron chi connectivity index (χ0n) is 11.5. The van der Waals surface area contributed by atoms with Crippen molar-refractivity contribution in [1.82, 2.24) is 4.90 Å². The van der Waals surface area contributed by atoms with Gasteiger partial charge in [0, 0.05) is 33.4 Å². The molecule has 0 N–H and O–H groups in total. The van der Waals surface area contributed by atoms with Crippen LogP contribution in [-0.2, 0) is 0 Å². The molecule has 2 nitrogen and oxygen atoms in total. The molecule has 1 saturated carbocycles. The van der Waals surface area contributed by atoms with E-state index in [1.165, 1.54) is 17.5 Å². The molecule has 3 rings (SSSR count). The number of rotatable bonds is 2. The first-order chi connectivity index (χ1) is 9.68. The van der Waals surface area contributed by atoms with Gasteiger partial charge in [-0.2, -0.15) is 0 Å². The first kappa shape index (κ1) is 14.1. The molecule has 2 unspecified atom stereocenters. The topological polar surface area (TPSA) is 20.3 Å². The molecular weight excluding hydrogens is 334 g/mol. The van der Waals surface area contributed by atoms with Crippen molar-refractivity contribution in [3.05, 3.63) is 35.2 Å². The summed E-state index contributed by atoms with van der Waals surface area (Å²) in [5.41, 5.74) is 0.846. The van der Waals surface area contributed by atoms with Crippen LogP contribution in [0.1, 0.15) is 36.0 Å². The van der Waals surface area contributed by atoms with E-state index in [1.807, 2.05) is 35.5 Å². The van der Waals surface area contributed by atoms with Crippen molar-refractivity contribution in [2.45, 2.75) is 36.6 Å². The Morgan fingerprint density at radius 3 is 2.85 bits per heavy atom. The second kappa shape index (κ2) is 5.86. The van der Waals surface area contributed by atoms with Gasteiger partial charge >= 0.3 is 0 Å². The number of benzene rings is 1. The lowest BCUT2D eigenvalue weighted by Gasteiger charge is -2.35. The molecular formula is C16H18BrNOS. The lowest BCUT2D eigenvalue weighted by Crippen LogP contribution is -2.44. The molecule has 0 radical (unpaired) electrons. The quantitative estimate of drug-likeness (QED) is 0.719. The maximum Gasteiger partial charge on any atom is 0.255 e. The van der Waals surface area contributed by atoms with Crippen molar-refractivity contribution in [3.8, 4) is 0 Å². The van der Waals surface area contributed by atoms with Gasteiger partial charge in [-0.3, -0.25) is 4.79 Å². The molecule has 2 aromatic rings. The highest BCUT2D eigenvalue weighted by atomic mass is 79.9. The van der Waals surface area contributed by atoms with E-state index in [9.17, 15) is 4.79 Å². The van der Waals surface area contributed by atoms with Crippen LogP contribution < -0.4 is 0 Å². The average molecular weight is 352 g/mol. The Morgan fingerprint density at radius 1 is 1.30 bits per heavy atom. The number of carbonyl (C=O) groups is 1. The third-order valence-corrected chi connectivity index (χ3v) is 6.21. The molecule has 0 saturated heterocycles. The summed E-state index contributed by atoms with van der Waals surface area (Å²) < 4.78 is 1.18. The van der Waals surface area contributed by atoms with Gasteiger partial charge in [-0.05, 0) is 18.9 Å². The molecule has 106 valence electrons. The Labute approximate surface area is 131 Å².